The van der Waals surface area contributed by atoms with Gasteiger partial charge in [0.25, 0.3) is 0 Å². The fourth-order valence-corrected chi connectivity index (χ4v) is 3.05. The molecule has 0 aliphatic carbocycles. The predicted octanol–water partition coefficient (Wildman–Crippen LogP) is 1.47. The highest BCUT2D eigenvalue weighted by molar-refractivity contribution is 6.08. The zero-order valence-corrected chi connectivity index (χ0v) is 14.9. The van der Waals surface area contributed by atoms with Crippen LogP contribution in [0, 0.1) is 11.2 Å². The van der Waals surface area contributed by atoms with Crippen molar-refractivity contribution >= 4 is 17.7 Å². The van der Waals surface area contributed by atoms with E-state index >= 15 is 0 Å². The number of β-amino-alcohol motifs (C(OH)–C–C–N with tert-alkyl or cyclic N) is 1. The molecule has 0 saturated carbocycles. The van der Waals surface area contributed by atoms with Crippen molar-refractivity contribution in [2.75, 3.05) is 18.8 Å². The molecule has 2 aliphatic rings. The summed E-state index contributed by atoms with van der Waals surface area (Å²) in [5.41, 5.74) is 6.66. The number of nitrogens with two attached hydrogens (primary N) is 1. The van der Waals surface area contributed by atoms with E-state index < -0.39 is 11.9 Å². The summed E-state index contributed by atoms with van der Waals surface area (Å²) in [5, 5.41) is 21.3. The summed E-state index contributed by atoms with van der Waals surface area (Å²) in [6.07, 6.45) is 3.51. The minimum absolute atomic E-state index is 0.0683. The van der Waals surface area contributed by atoms with E-state index in [9.17, 15) is 9.50 Å². The van der Waals surface area contributed by atoms with E-state index in [0.717, 1.165) is 12.4 Å². The van der Waals surface area contributed by atoms with E-state index in [0.29, 0.717) is 18.5 Å². The zero-order valence-electron chi connectivity index (χ0n) is 14.9. The Labute approximate surface area is 151 Å². The van der Waals surface area contributed by atoms with Crippen molar-refractivity contribution in [2.45, 2.75) is 38.5 Å². The minimum Gasteiger partial charge on any atom is -0.488 e. The first-order valence-electron chi connectivity index (χ1n) is 8.62. The van der Waals surface area contributed by atoms with Crippen LogP contribution in [0.25, 0.3) is 0 Å². The Balaban J connectivity index is 1.85. The first kappa shape index (κ1) is 18.2. The number of aliphatic imine (C=N–C) groups is 1. The molecule has 1 aromatic rings. The number of aliphatic hydroxyl groups is 1. The molecule has 0 amide bonds. The standard InChI is InChI=1S/C18H24FN5O2/c1-10(2)26-16-5-12(14(20)6-13(16)19)18(21)15-7-17(23-9-22-15)24-4-3-11(25)8-24/h5-7,9-11,15,21,25H,3-4,8,20H2,1-2H3,(H,22,23)/t11-,15?/m1/s1. The molecule has 1 saturated heterocycles. The number of nitrogen functional groups attached to an aromatic ring is 1. The van der Waals surface area contributed by atoms with E-state index in [1.54, 1.807) is 13.8 Å². The van der Waals surface area contributed by atoms with E-state index in [2.05, 4.69) is 10.3 Å². The Hall–Kier alpha value is -2.61. The maximum absolute atomic E-state index is 14.0. The molecule has 2 atom stereocenters. The van der Waals surface area contributed by atoms with Gasteiger partial charge in [0.05, 0.1) is 24.3 Å². The lowest BCUT2D eigenvalue weighted by Crippen LogP contribution is -2.35. The SMILES string of the molecule is CC(C)Oc1cc(C(=N)C2C=C(N3CC[C@@H](O)C3)NC=N2)c(N)cc1F. The van der Waals surface area contributed by atoms with Crippen LogP contribution in [0.1, 0.15) is 25.8 Å². The number of nitrogens with one attached hydrogen (secondary N) is 2. The van der Waals surface area contributed by atoms with Gasteiger partial charge in [-0.1, -0.05) is 0 Å². The smallest absolute Gasteiger partial charge is 0.167 e. The molecule has 7 nitrogen and oxygen atoms in total. The van der Waals surface area contributed by atoms with Crippen LogP contribution in [0.4, 0.5) is 10.1 Å². The number of anilines is 1. The molecule has 26 heavy (non-hydrogen) atoms. The van der Waals surface area contributed by atoms with Gasteiger partial charge in [-0.3, -0.25) is 4.99 Å². The quantitative estimate of drug-likeness (QED) is 0.469. The van der Waals surface area contributed by atoms with Crippen LogP contribution in [0.5, 0.6) is 5.75 Å². The fourth-order valence-electron chi connectivity index (χ4n) is 3.05. The topological polar surface area (TPSA) is 107 Å². The van der Waals surface area contributed by atoms with Gasteiger partial charge in [-0.05, 0) is 32.4 Å². The molecule has 0 spiro atoms. The number of nitrogens with zero attached hydrogens (tertiary/aromatic N) is 2. The van der Waals surface area contributed by atoms with E-state index in [4.69, 9.17) is 15.9 Å². The minimum atomic E-state index is -0.552. The Morgan fingerprint density at radius 3 is 2.92 bits per heavy atom. The normalized spacial score (nSPS) is 22.3. The molecular formula is C18H24FN5O2. The van der Waals surface area contributed by atoms with Gasteiger partial charge in [-0.2, -0.15) is 0 Å². The first-order chi connectivity index (χ1) is 12.3. The summed E-state index contributed by atoms with van der Waals surface area (Å²) in [4.78, 5) is 6.30. The molecule has 2 heterocycles. The van der Waals surface area contributed by atoms with Crippen LogP contribution in [0.3, 0.4) is 0 Å². The second kappa shape index (κ2) is 7.33. The van der Waals surface area contributed by atoms with Crippen molar-refractivity contribution < 1.29 is 14.2 Å². The molecule has 0 bridgehead atoms. The largest absolute Gasteiger partial charge is 0.488 e. The van der Waals surface area contributed by atoms with E-state index in [1.165, 1.54) is 18.5 Å². The van der Waals surface area contributed by atoms with E-state index in [1.807, 2.05) is 11.0 Å². The van der Waals surface area contributed by atoms with Gasteiger partial charge in [-0.25, -0.2) is 4.39 Å². The second-order valence-corrected chi connectivity index (χ2v) is 6.76. The average molecular weight is 361 g/mol. The summed E-state index contributed by atoms with van der Waals surface area (Å²) >= 11 is 0. The van der Waals surface area contributed by atoms with Crippen LogP contribution >= 0.6 is 0 Å². The highest BCUT2D eigenvalue weighted by Crippen LogP contribution is 2.27. The Morgan fingerprint density at radius 1 is 1.50 bits per heavy atom. The number of ether oxygens (including phenoxy) is 1. The summed E-state index contributed by atoms with van der Waals surface area (Å²) in [6.45, 7) is 4.88. The third kappa shape index (κ3) is 3.80. The van der Waals surface area contributed by atoms with E-state index in [-0.39, 0.29) is 29.4 Å². The van der Waals surface area contributed by atoms with Crippen molar-refractivity contribution in [1.82, 2.24) is 10.2 Å². The van der Waals surface area contributed by atoms with Crippen molar-refractivity contribution in [2.24, 2.45) is 4.99 Å². The third-order valence-electron chi connectivity index (χ3n) is 4.32. The summed E-state index contributed by atoms with van der Waals surface area (Å²) in [7, 11) is 0. The molecule has 1 unspecified atom stereocenters. The summed E-state index contributed by atoms with van der Waals surface area (Å²) in [5.74, 6) is 0.313. The van der Waals surface area contributed by atoms with Crippen molar-refractivity contribution in [3.63, 3.8) is 0 Å². The summed E-state index contributed by atoms with van der Waals surface area (Å²) in [6, 6.07) is 2.08. The zero-order chi connectivity index (χ0) is 18.8. The molecule has 140 valence electrons. The fraction of sp³-hybridized carbons (Fsp3) is 0.444. The molecule has 0 radical (unpaired) electrons. The van der Waals surface area contributed by atoms with Gasteiger partial charge >= 0.3 is 0 Å². The van der Waals surface area contributed by atoms with Crippen LogP contribution in [0.2, 0.25) is 0 Å². The number of hydrogen-bond acceptors (Lipinski definition) is 7. The highest BCUT2D eigenvalue weighted by atomic mass is 19.1. The highest BCUT2D eigenvalue weighted by Gasteiger charge is 2.26. The second-order valence-electron chi connectivity index (χ2n) is 6.76. The maximum Gasteiger partial charge on any atom is 0.167 e. The van der Waals surface area contributed by atoms with Gasteiger partial charge < -0.3 is 31.2 Å². The number of aliphatic hydroxyl groups excluding tert-OH is 1. The van der Waals surface area contributed by atoms with Crippen molar-refractivity contribution in [1.29, 1.82) is 5.41 Å². The third-order valence-corrected chi connectivity index (χ3v) is 4.32. The molecular weight excluding hydrogens is 337 g/mol. The number of benzene rings is 1. The van der Waals surface area contributed by atoms with Crippen LogP contribution in [0.15, 0.2) is 29.0 Å². The molecule has 8 heteroatoms. The van der Waals surface area contributed by atoms with Crippen molar-refractivity contribution in [3.05, 3.63) is 35.4 Å². The molecule has 1 aromatic carbocycles. The maximum atomic E-state index is 14.0. The van der Waals surface area contributed by atoms with Gasteiger partial charge in [0, 0.05) is 30.4 Å². The molecule has 2 aliphatic heterocycles. The number of hydrogen-bond donors (Lipinski definition) is 4. The van der Waals surface area contributed by atoms with Gasteiger partial charge in [-0.15, -0.1) is 0 Å². The molecule has 1 fully saturated rings. The Morgan fingerprint density at radius 2 is 2.27 bits per heavy atom. The lowest BCUT2D eigenvalue weighted by Gasteiger charge is -2.26. The lowest BCUT2D eigenvalue weighted by atomic mass is 10.0. The Bertz CT molecular complexity index is 762. The van der Waals surface area contributed by atoms with Gasteiger partial charge in [0.1, 0.15) is 11.9 Å². The molecule has 0 aromatic heterocycles. The Kier molecular flexibility index (Phi) is 5.13. The predicted molar refractivity (Wildman–Crippen MR) is 99.1 cm³/mol. The number of halogens is 1. The van der Waals surface area contributed by atoms with Crippen molar-refractivity contribution in [3.8, 4) is 5.75 Å². The van der Waals surface area contributed by atoms with Crippen LogP contribution in [-0.2, 0) is 0 Å². The lowest BCUT2D eigenvalue weighted by molar-refractivity contribution is 0.182. The van der Waals surface area contributed by atoms with Crippen LogP contribution < -0.4 is 15.8 Å². The number of rotatable bonds is 5. The molecule has 3 rings (SSSR count). The summed E-state index contributed by atoms with van der Waals surface area (Å²) < 4.78 is 19.5. The molecule has 5 N–H and O–H groups in total. The number of likely N-dealkylation sites (tertiary alicyclic amines) is 1. The monoisotopic (exact) mass is 361 g/mol. The first-order valence-corrected chi connectivity index (χ1v) is 8.62. The van der Waals surface area contributed by atoms with Gasteiger partial charge in [0.2, 0.25) is 0 Å². The van der Waals surface area contributed by atoms with Crippen LogP contribution in [-0.4, -0.2) is 53.4 Å². The average Bonchev–Trinajstić information content (AvgIpc) is 3.03. The van der Waals surface area contributed by atoms with Gasteiger partial charge in [0.15, 0.2) is 11.6 Å².